The molecule has 0 spiro atoms. The van der Waals surface area contributed by atoms with E-state index in [2.05, 4.69) is 57.3 Å². The molecule has 2 aromatic carbocycles. The zero-order valence-electron chi connectivity index (χ0n) is 16.8. The molecule has 2 unspecified atom stereocenters. The van der Waals surface area contributed by atoms with Crippen LogP contribution in [0, 0.1) is 6.92 Å². The average molecular weight is 354 g/mol. The molecule has 1 amide bonds. The topological polar surface area (TPSA) is 38.3 Å². The van der Waals surface area contributed by atoms with Crippen molar-refractivity contribution in [2.45, 2.75) is 65.5 Å². The zero-order valence-corrected chi connectivity index (χ0v) is 16.8. The highest BCUT2D eigenvalue weighted by molar-refractivity contribution is 5.81. The summed E-state index contributed by atoms with van der Waals surface area (Å²) in [6.07, 6.45) is 0.122. The second-order valence-electron chi connectivity index (χ2n) is 7.93. The molecule has 3 nitrogen and oxygen atoms in total. The van der Waals surface area contributed by atoms with E-state index >= 15 is 0 Å². The molecule has 26 heavy (non-hydrogen) atoms. The number of carbonyl (C=O) groups is 1. The predicted octanol–water partition coefficient (Wildman–Crippen LogP) is 5.33. The standard InChI is InChI=1S/C23H31NO2/c1-7-21(26-20-14-12-19(13-15-20)23(4,5)6)22(25)24-17(3)18-10-8-16(2)9-11-18/h8-15,17,21H,7H2,1-6H3,(H,24,25). The van der Waals surface area contributed by atoms with E-state index < -0.39 is 6.10 Å². The lowest BCUT2D eigenvalue weighted by Crippen LogP contribution is -2.39. The Morgan fingerprint density at radius 2 is 1.62 bits per heavy atom. The molecule has 140 valence electrons. The van der Waals surface area contributed by atoms with Crippen LogP contribution >= 0.6 is 0 Å². The molecule has 3 heteroatoms. The second-order valence-corrected chi connectivity index (χ2v) is 7.93. The van der Waals surface area contributed by atoms with E-state index in [0.29, 0.717) is 6.42 Å². The number of aryl methyl sites for hydroxylation is 1. The highest BCUT2D eigenvalue weighted by atomic mass is 16.5. The third-order valence-electron chi connectivity index (χ3n) is 4.60. The molecule has 0 bridgehead atoms. The summed E-state index contributed by atoms with van der Waals surface area (Å²) in [6, 6.07) is 16.2. The van der Waals surface area contributed by atoms with Crippen LogP contribution in [-0.4, -0.2) is 12.0 Å². The minimum Gasteiger partial charge on any atom is -0.481 e. The van der Waals surface area contributed by atoms with Gasteiger partial charge in [0.1, 0.15) is 5.75 Å². The fourth-order valence-electron chi connectivity index (χ4n) is 2.76. The molecule has 0 fully saturated rings. The normalized spacial score (nSPS) is 13.8. The number of amides is 1. The Morgan fingerprint density at radius 1 is 1.04 bits per heavy atom. The maximum atomic E-state index is 12.6. The molecule has 2 rings (SSSR count). The number of ether oxygens (including phenoxy) is 1. The third-order valence-corrected chi connectivity index (χ3v) is 4.60. The molecule has 0 radical (unpaired) electrons. The van der Waals surface area contributed by atoms with Gasteiger partial charge >= 0.3 is 0 Å². The number of hydrogen-bond donors (Lipinski definition) is 1. The highest BCUT2D eigenvalue weighted by Gasteiger charge is 2.21. The summed E-state index contributed by atoms with van der Waals surface area (Å²) >= 11 is 0. The number of carbonyl (C=O) groups excluding carboxylic acids is 1. The van der Waals surface area contributed by atoms with E-state index in [1.807, 2.05) is 38.1 Å². The first kappa shape index (κ1) is 20.0. The smallest absolute Gasteiger partial charge is 0.261 e. The first-order valence-electron chi connectivity index (χ1n) is 9.35. The van der Waals surface area contributed by atoms with Crippen molar-refractivity contribution < 1.29 is 9.53 Å². The second kappa shape index (κ2) is 8.39. The van der Waals surface area contributed by atoms with Gasteiger partial charge in [-0.2, -0.15) is 0 Å². The lowest BCUT2D eigenvalue weighted by atomic mass is 9.87. The first-order chi connectivity index (χ1) is 12.2. The Bertz CT molecular complexity index is 711. The van der Waals surface area contributed by atoms with Gasteiger partial charge in [0.15, 0.2) is 6.10 Å². The molecule has 0 aliphatic carbocycles. The van der Waals surface area contributed by atoms with Crippen LogP contribution in [0.2, 0.25) is 0 Å². The Kier molecular flexibility index (Phi) is 6.47. The van der Waals surface area contributed by atoms with Crippen molar-refractivity contribution in [3.05, 3.63) is 65.2 Å². The van der Waals surface area contributed by atoms with Crippen LogP contribution in [0.4, 0.5) is 0 Å². The fourth-order valence-corrected chi connectivity index (χ4v) is 2.76. The van der Waals surface area contributed by atoms with Gasteiger partial charge in [0, 0.05) is 0 Å². The molecule has 1 N–H and O–H groups in total. The number of hydrogen-bond acceptors (Lipinski definition) is 2. The Hall–Kier alpha value is -2.29. The third kappa shape index (κ3) is 5.35. The summed E-state index contributed by atoms with van der Waals surface area (Å²) in [7, 11) is 0. The van der Waals surface area contributed by atoms with Gasteiger partial charge < -0.3 is 10.1 Å². The van der Waals surface area contributed by atoms with Gasteiger partial charge in [-0.15, -0.1) is 0 Å². The van der Waals surface area contributed by atoms with Crippen molar-refractivity contribution in [1.29, 1.82) is 0 Å². The predicted molar refractivity (Wildman–Crippen MR) is 108 cm³/mol. The maximum absolute atomic E-state index is 12.6. The van der Waals surface area contributed by atoms with E-state index in [-0.39, 0.29) is 17.4 Å². The molecule has 0 aromatic heterocycles. The number of nitrogens with one attached hydrogen (secondary N) is 1. The maximum Gasteiger partial charge on any atom is 0.261 e. The van der Waals surface area contributed by atoms with Gasteiger partial charge in [0.25, 0.3) is 5.91 Å². The van der Waals surface area contributed by atoms with Crippen LogP contribution < -0.4 is 10.1 Å². The summed E-state index contributed by atoms with van der Waals surface area (Å²) < 4.78 is 5.94. The van der Waals surface area contributed by atoms with Crippen LogP contribution in [-0.2, 0) is 10.2 Å². The van der Waals surface area contributed by atoms with Crippen molar-refractivity contribution in [3.8, 4) is 5.75 Å². The van der Waals surface area contributed by atoms with Crippen molar-refractivity contribution in [3.63, 3.8) is 0 Å². The first-order valence-corrected chi connectivity index (χ1v) is 9.35. The van der Waals surface area contributed by atoms with E-state index in [0.717, 1.165) is 11.3 Å². The minimum atomic E-state index is -0.497. The quantitative estimate of drug-likeness (QED) is 0.762. The van der Waals surface area contributed by atoms with Gasteiger partial charge in [-0.1, -0.05) is 69.7 Å². The largest absolute Gasteiger partial charge is 0.481 e. The molecule has 0 aliphatic rings. The molecule has 0 heterocycles. The van der Waals surface area contributed by atoms with E-state index in [1.165, 1.54) is 11.1 Å². The van der Waals surface area contributed by atoms with Gasteiger partial charge in [0.05, 0.1) is 6.04 Å². The molecular weight excluding hydrogens is 322 g/mol. The van der Waals surface area contributed by atoms with Crippen molar-refractivity contribution >= 4 is 5.91 Å². The van der Waals surface area contributed by atoms with Crippen LogP contribution in [0.1, 0.15) is 63.8 Å². The summed E-state index contributed by atoms with van der Waals surface area (Å²) in [5, 5.41) is 3.06. The molecule has 0 aliphatic heterocycles. The minimum absolute atomic E-state index is 0.0518. The Morgan fingerprint density at radius 3 is 2.12 bits per heavy atom. The van der Waals surface area contributed by atoms with Gasteiger partial charge in [0.2, 0.25) is 0 Å². The Balaban J connectivity index is 2.00. The number of rotatable bonds is 6. The molecule has 0 saturated carbocycles. The van der Waals surface area contributed by atoms with Gasteiger partial charge in [-0.05, 0) is 48.9 Å². The molecule has 0 saturated heterocycles. The summed E-state index contributed by atoms with van der Waals surface area (Å²) in [5.74, 6) is 0.642. The molecular formula is C23H31NO2. The summed E-state index contributed by atoms with van der Waals surface area (Å²) in [5.41, 5.74) is 3.65. The van der Waals surface area contributed by atoms with Crippen molar-refractivity contribution in [2.24, 2.45) is 0 Å². The van der Waals surface area contributed by atoms with E-state index in [9.17, 15) is 4.79 Å². The monoisotopic (exact) mass is 353 g/mol. The molecule has 2 aromatic rings. The van der Waals surface area contributed by atoms with Gasteiger partial charge in [-0.3, -0.25) is 4.79 Å². The van der Waals surface area contributed by atoms with Gasteiger partial charge in [-0.25, -0.2) is 0 Å². The lowest BCUT2D eigenvalue weighted by Gasteiger charge is -2.22. The van der Waals surface area contributed by atoms with E-state index in [4.69, 9.17) is 4.74 Å². The van der Waals surface area contributed by atoms with Crippen LogP contribution in [0.15, 0.2) is 48.5 Å². The van der Waals surface area contributed by atoms with E-state index in [1.54, 1.807) is 0 Å². The summed E-state index contributed by atoms with van der Waals surface area (Å²) in [6.45, 7) is 12.5. The fraction of sp³-hybridized carbons (Fsp3) is 0.435. The summed E-state index contributed by atoms with van der Waals surface area (Å²) in [4.78, 5) is 12.6. The van der Waals surface area contributed by atoms with Crippen molar-refractivity contribution in [2.75, 3.05) is 0 Å². The zero-order chi connectivity index (χ0) is 19.3. The highest BCUT2D eigenvalue weighted by Crippen LogP contribution is 2.25. The number of benzene rings is 2. The van der Waals surface area contributed by atoms with Crippen LogP contribution in [0.3, 0.4) is 0 Å². The van der Waals surface area contributed by atoms with Crippen LogP contribution in [0.5, 0.6) is 5.75 Å². The van der Waals surface area contributed by atoms with Crippen molar-refractivity contribution in [1.82, 2.24) is 5.32 Å². The lowest BCUT2D eigenvalue weighted by molar-refractivity contribution is -0.128. The molecule has 2 atom stereocenters. The average Bonchev–Trinajstić information content (AvgIpc) is 2.59. The van der Waals surface area contributed by atoms with Crippen LogP contribution in [0.25, 0.3) is 0 Å². The Labute approximate surface area is 157 Å². The SMILES string of the molecule is CCC(Oc1ccc(C(C)(C)C)cc1)C(=O)NC(C)c1ccc(C)cc1.